The van der Waals surface area contributed by atoms with Crippen LogP contribution in [0.4, 0.5) is 11.4 Å². The molecule has 0 aliphatic carbocycles. The first-order valence-corrected chi connectivity index (χ1v) is 6.15. The Morgan fingerprint density at radius 2 is 1.88 bits per heavy atom. The first kappa shape index (κ1) is 13.7. The highest BCUT2D eigenvalue weighted by Crippen LogP contribution is 2.30. The third kappa shape index (κ3) is 3.55. The van der Waals surface area contributed by atoms with E-state index in [-0.39, 0.29) is 0 Å². The average Bonchev–Trinajstić information content (AvgIpc) is 2.26. The molecule has 17 heavy (non-hydrogen) atoms. The zero-order chi connectivity index (χ0) is 13.0. The van der Waals surface area contributed by atoms with Crippen LogP contribution in [0.1, 0.15) is 27.7 Å². The quantitative estimate of drug-likeness (QED) is 0.798. The second-order valence-electron chi connectivity index (χ2n) is 5.06. The molecule has 3 heteroatoms. The minimum absolute atomic E-state index is 0.423. The summed E-state index contributed by atoms with van der Waals surface area (Å²) in [5.74, 6) is 1.45. The maximum Gasteiger partial charge on any atom is 0.121 e. The molecule has 0 aliphatic rings. The average molecular weight is 236 g/mol. The van der Waals surface area contributed by atoms with Crippen molar-refractivity contribution in [3.05, 3.63) is 18.2 Å². The zero-order valence-corrected chi connectivity index (χ0v) is 11.5. The van der Waals surface area contributed by atoms with Gasteiger partial charge in [0.15, 0.2) is 0 Å². The summed E-state index contributed by atoms with van der Waals surface area (Å²) in [6.45, 7) is 9.79. The number of nitrogen functional groups attached to an aromatic ring is 1. The zero-order valence-electron chi connectivity index (χ0n) is 11.5. The van der Waals surface area contributed by atoms with Gasteiger partial charge in [0.2, 0.25) is 0 Å². The van der Waals surface area contributed by atoms with Gasteiger partial charge in [-0.25, -0.2) is 0 Å². The van der Waals surface area contributed by atoms with E-state index in [1.165, 1.54) is 0 Å². The second-order valence-corrected chi connectivity index (χ2v) is 5.06. The first-order valence-electron chi connectivity index (χ1n) is 6.15. The van der Waals surface area contributed by atoms with Crippen LogP contribution >= 0.6 is 0 Å². The van der Waals surface area contributed by atoms with Gasteiger partial charge >= 0.3 is 0 Å². The maximum atomic E-state index is 6.06. The van der Waals surface area contributed by atoms with E-state index < -0.39 is 0 Å². The minimum atomic E-state index is 0.423. The molecule has 0 atom stereocenters. The Bertz CT molecular complexity index is 361. The van der Waals surface area contributed by atoms with Crippen LogP contribution in [0.25, 0.3) is 0 Å². The van der Waals surface area contributed by atoms with Crippen LogP contribution in [-0.4, -0.2) is 19.7 Å². The van der Waals surface area contributed by atoms with Crippen molar-refractivity contribution >= 4 is 11.4 Å². The van der Waals surface area contributed by atoms with E-state index in [2.05, 4.69) is 32.6 Å². The van der Waals surface area contributed by atoms with Crippen LogP contribution in [0.15, 0.2) is 18.2 Å². The number of benzene rings is 1. The third-order valence-electron chi connectivity index (χ3n) is 2.73. The van der Waals surface area contributed by atoms with E-state index in [4.69, 9.17) is 10.5 Å². The molecule has 0 radical (unpaired) electrons. The highest BCUT2D eigenvalue weighted by molar-refractivity contribution is 5.70. The summed E-state index contributed by atoms with van der Waals surface area (Å²) in [6.07, 6.45) is 0. The largest absolute Gasteiger partial charge is 0.497 e. The van der Waals surface area contributed by atoms with E-state index in [1.54, 1.807) is 7.11 Å². The lowest BCUT2D eigenvalue weighted by Gasteiger charge is -2.32. The molecular formula is C14H24N2O. The molecule has 1 aromatic rings. The normalized spacial score (nSPS) is 11.0. The van der Waals surface area contributed by atoms with Gasteiger partial charge in [-0.15, -0.1) is 0 Å². The standard InChI is InChI=1S/C14H24N2O/c1-10(2)9-16(11(3)4)14-8-12(17-5)6-7-13(14)15/h6-8,10-11H,9,15H2,1-5H3. The Morgan fingerprint density at radius 3 is 2.35 bits per heavy atom. The fourth-order valence-corrected chi connectivity index (χ4v) is 1.88. The van der Waals surface area contributed by atoms with Crippen molar-refractivity contribution < 1.29 is 4.74 Å². The summed E-state index contributed by atoms with van der Waals surface area (Å²) in [4.78, 5) is 2.32. The Balaban J connectivity index is 3.08. The molecule has 0 fully saturated rings. The summed E-state index contributed by atoms with van der Waals surface area (Å²) in [5, 5.41) is 0. The van der Waals surface area contributed by atoms with Crippen molar-refractivity contribution in [2.45, 2.75) is 33.7 Å². The molecule has 1 rings (SSSR count). The van der Waals surface area contributed by atoms with Gasteiger partial charge in [0.1, 0.15) is 5.75 Å². The monoisotopic (exact) mass is 236 g/mol. The van der Waals surface area contributed by atoms with Gasteiger partial charge in [-0.05, 0) is 31.9 Å². The molecular weight excluding hydrogens is 212 g/mol. The van der Waals surface area contributed by atoms with Gasteiger partial charge in [0, 0.05) is 18.7 Å². The molecule has 0 amide bonds. The van der Waals surface area contributed by atoms with Crippen molar-refractivity contribution in [2.24, 2.45) is 5.92 Å². The van der Waals surface area contributed by atoms with E-state index >= 15 is 0 Å². The minimum Gasteiger partial charge on any atom is -0.497 e. The van der Waals surface area contributed by atoms with Crippen LogP contribution in [0.2, 0.25) is 0 Å². The molecule has 1 aromatic carbocycles. The first-order chi connectivity index (χ1) is 7.95. The number of nitrogens with two attached hydrogens (primary N) is 1. The van der Waals surface area contributed by atoms with Gasteiger partial charge < -0.3 is 15.4 Å². The van der Waals surface area contributed by atoms with Crippen LogP contribution < -0.4 is 15.4 Å². The Kier molecular flexibility index (Phi) is 4.67. The number of ether oxygens (including phenoxy) is 1. The van der Waals surface area contributed by atoms with Crippen molar-refractivity contribution in [3.63, 3.8) is 0 Å². The molecule has 3 nitrogen and oxygen atoms in total. The lowest BCUT2D eigenvalue weighted by Crippen LogP contribution is -2.34. The maximum absolute atomic E-state index is 6.06. The molecule has 0 bridgehead atoms. The van der Waals surface area contributed by atoms with E-state index in [0.717, 1.165) is 23.7 Å². The summed E-state index contributed by atoms with van der Waals surface area (Å²) < 4.78 is 5.26. The highest BCUT2D eigenvalue weighted by atomic mass is 16.5. The van der Waals surface area contributed by atoms with Crippen molar-refractivity contribution in [3.8, 4) is 5.75 Å². The fraction of sp³-hybridized carbons (Fsp3) is 0.571. The number of hydrogen-bond donors (Lipinski definition) is 1. The van der Waals surface area contributed by atoms with Crippen molar-refractivity contribution in [1.29, 1.82) is 0 Å². The van der Waals surface area contributed by atoms with Gasteiger partial charge in [-0.3, -0.25) is 0 Å². The molecule has 0 aromatic heterocycles. The summed E-state index contributed by atoms with van der Waals surface area (Å²) in [5.41, 5.74) is 7.93. The number of methoxy groups -OCH3 is 1. The Morgan fingerprint density at radius 1 is 1.24 bits per heavy atom. The molecule has 0 unspecified atom stereocenters. The van der Waals surface area contributed by atoms with Gasteiger partial charge in [-0.1, -0.05) is 13.8 Å². The predicted molar refractivity (Wildman–Crippen MR) is 74.7 cm³/mol. The van der Waals surface area contributed by atoms with Crippen molar-refractivity contribution in [1.82, 2.24) is 0 Å². The SMILES string of the molecule is COc1ccc(N)c(N(CC(C)C)C(C)C)c1. The molecule has 0 saturated carbocycles. The molecule has 0 aliphatic heterocycles. The number of rotatable bonds is 5. The van der Waals surface area contributed by atoms with E-state index in [9.17, 15) is 0 Å². The second kappa shape index (κ2) is 5.80. The highest BCUT2D eigenvalue weighted by Gasteiger charge is 2.15. The number of hydrogen-bond acceptors (Lipinski definition) is 3. The van der Waals surface area contributed by atoms with Crippen molar-refractivity contribution in [2.75, 3.05) is 24.3 Å². The molecule has 96 valence electrons. The van der Waals surface area contributed by atoms with Gasteiger partial charge in [0.05, 0.1) is 18.5 Å². The van der Waals surface area contributed by atoms with Crippen LogP contribution in [-0.2, 0) is 0 Å². The number of anilines is 2. The smallest absolute Gasteiger partial charge is 0.121 e. The molecule has 0 saturated heterocycles. The summed E-state index contributed by atoms with van der Waals surface area (Å²) in [6, 6.07) is 6.24. The lowest BCUT2D eigenvalue weighted by molar-refractivity contribution is 0.414. The molecule has 2 N–H and O–H groups in total. The van der Waals surface area contributed by atoms with Crippen LogP contribution in [0.3, 0.4) is 0 Å². The summed E-state index contributed by atoms with van der Waals surface area (Å²) in [7, 11) is 1.68. The van der Waals surface area contributed by atoms with Crippen LogP contribution in [0, 0.1) is 5.92 Å². The van der Waals surface area contributed by atoms with Gasteiger partial charge in [-0.2, -0.15) is 0 Å². The molecule has 0 spiro atoms. The number of nitrogens with zero attached hydrogens (tertiary/aromatic N) is 1. The summed E-state index contributed by atoms with van der Waals surface area (Å²) >= 11 is 0. The third-order valence-corrected chi connectivity index (χ3v) is 2.73. The van der Waals surface area contributed by atoms with E-state index in [1.807, 2.05) is 18.2 Å². The Labute approximate surface area is 105 Å². The predicted octanol–water partition coefficient (Wildman–Crippen LogP) is 3.15. The lowest BCUT2D eigenvalue weighted by atomic mass is 10.1. The van der Waals surface area contributed by atoms with Gasteiger partial charge in [0.25, 0.3) is 0 Å². The van der Waals surface area contributed by atoms with Crippen LogP contribution in [0.5, 0.6) is 5.75 Å². The Hall–Kier alpha value is -1.38. The van der Waals surface area contributed by atoms with E-state index in [0.29, 0.717) is 12.0 Å². The topological polar surface area (TPSA) is 38.5 Å². The molecule has 0 heterocycles. The fourth-order valence-electron chi connectivity index (χ4n) is 1.88.